The minimum atomic E-state index is -0.869. The van der Waals surface area contributed by atoms with E-state index in [1.807, 2.05) is 23.9 Å². The summed E-state index contributed by atoms with van der Waals surface area (Å²) in [4.78, 5) is 36.5. The summed E-state index contributed by atoms with van der Waals surface area (Å²) in [6, 6.07) is 0. The molecule has 0 amide bonds. The average molecular weight is 882 g/mol. The molecule has 0 bridgehead atoms. The van der Waals surface area contributed by atoms with Gasteiger partial charge in [0.2, 0.25) is 0 Å². The second kappa shape index (κ2) is 52.9. The Hall–Kier alpha value is -2.13. The quantitative estimate of drug-likeness (QED) is 0.0692. The van der Waals surface area contributed by atoms with Crippen LogP contribution in [0.2, 0.25) is 0 Å². The van der Waals surface area contributed by atoms with E-state index in [-0.39, 0.29) is 129 Å². The van der Waals surface area contributed by atoms with Gasteiger partial charge in [0.1, 0.15) is 17.8 Å². The number of hydrogen-bond acceptors (Lipinski definition) is 15. The molecule has 4 heterocycles. The molecule has 3 fully saturated rings. The largest absolute Gasteiger partial charge is 0.479 e. The number of oxime groups is 2. The van der Waals surface area contributed by atoms with E-state index in [9.17, 15) is 9.59 Å². The standard InChI is InChI=1S/C8H15N3O3.C8H13N3O2.C6H11NO3.C2H6N2O.11CH4.3H3P/c1-6(9)10-14-8(12)7-5-11(2)3-4-13-7;1-6-9-8(13-10-6)7-5-11(2)3-4-12-7;1-7-2-3-10-5(4-7)6(8)9;1-2(3)4-5;;;;;;;;;;;;;;/h7H,3-5H2,1-2H3,(H2,9,10);7H,3-5H2,1-2H3;5H,2-4H2,1H3,(H,8,9);5H,1H3,(H2,3,4);11*1H4;3*1H3. The summed E-state index contributed by atoms with van der Waals surface area (Å²) in [6.07, 6.45) is -1.24. The molecule has 0 spiro atoms. The van der Waals surface area contributed by atoms with E-state index in [0.717, 1.165) is 32.8 Å². The Balaban J connectivity index is -0.0000000334. The summed E-state index contributed by atoms with van der Waals surface area (Å²) in [5.74, 6) is 0.274. The van der Waals surface area contributed by atoms with Crippen molar-refractivity contribution in [3.05, 3.63) is 11.7 Å². The van der Waals surface area contributed by atoms with Gasteiger partial charge in [-0.15, -0.1) is 0 Å². The third kappa shape index (κ3) is 43.0. The van der Waals surface area contributed by atoms with Crippen molar-refractivity contribution in [2.75, 3.05) is 80.2 Å². The summed E-state index contributed by atoms with van der Waals surface area (Å²) in [7, 11) is 5.86. The van der Waals surface area contributed by atoms with Crippen LogP contribution in [-0.4, -0.2) is 151 Å². The summed E-state index contributed by atoms with van der Waals surface area (Å²) in [5, 5.41) is 25.8. The third-order valence-corrected chi connectivity index (χ3v) is 5.60. The second-order valence-electron chi connectivity index (χ2n) is 9.77. The first-order valence-electron chi connectivity index (χ1n) is 13.2. The van der Waals surface area contributed by atoms with E-state index >= 15 is 0 Å². The van der Waals surface area contributed by atoms with Gasteiger partial charge in [-0.3, -0.25) is 0 Å². The molecule has 0 aliphatic carbocycles. The number of amidine groups is 2. The summed E-state index contributed by atoms with van der Waals surface area (Å²) in [6.45, 7) is 11.1. The van der Waals surface area contributed by atoms with Crippen LogP contribution >= 0.6 is 29.7 Å². The number of likely N-dealkylation sites (N-methyl/N-ethyl adjacent to an activating group) is 3. The van der Waals surface area contributed by atoms with Gasteiger partial charge in [0.05, 0.1) is 19.8 Å². The van der Waals surface area contributed by atoms with Gasteiger partial charge in [0.15, 0.2) is 18.0 Å². The van der Waals surface area contributed by atoms with Crippen molar-refractivity contribution in [2.24, 2.45) is 21.8 Å². The zero-order valence-corrected chi connectivity index (χ0v) is 31.5. The van der Waals surface area contributed by atoms with Gasteiger partial charge in [-0.25, -0.2) is 9.59 Å². The number of aromatic nitrogens is 2. The van der Waals surface area contributed by atoms with Crippen molar-refractivity contribution in [3.63, 3.8) is 0 Å². The molecule has 3 aliphatic heterocycles. The number of carbonyl (C=O) groups is 2. The minimum absolute atomic E-state index is 0. The smallest absolute Gasteiger partial charge is 0.364 e. The number of carbonyl (C=O) groups excluding carboxylic acids is 1. The van der Waals surface area contributed by atoms with Gasteiger partial charge in [0.25, 0.3) is 5.89 Å². The first-order chi connectivity index (χ1) is 19.8. The van der Waals surface area contributed by atoms with Crippen molar-refractivity contribution in [3.8, 4) is 0 Å². The number of aryl methyl sites for hydroxylation is 1. The minimum Gasteiger partial charge on any atom is -0.479 e. The fourth-order valence-electron chi connectivity index (χ4n) is 3.39. The zero-order valence-electron chi connectivity index (χ0n) is 27.3. The summed E-state index contributed by atoms with van der Waals surface area (Å²) in [5.41, 5.74) is 10.0. The molecule has 1 aromatic heterocycles. The molecular weight excluding hydrogens is 783 g/mol. The fraction of sp³-hybridized carbons (Fsp3) is 0.829. The number of rotatable bonds is 4. The van der Waals surface area contributed by atoms with Crippen LogP contribution in [0.15, 0.2) is 14.8 Å². The van der Waals surface area contributed by atoms with Crippen LogP contribution < -0.4 is 11.5 Å². The number of nitrogens with two attached hydrogens (primary N) is 2. The molecule has 4 rings (SSSR count). The first kappa shape index (κ1) is 94.7. The van der Waals surface area contributed by atoms with Crippen molar-refractivity contribution in [1.29, 1.82) is 0 Å². The van der Waals surface area contributed by atoms with E-state index < -0.39 is 24.1 Å². The third-order valence-electron chi connectivity index (χ3n) is 5.60. The Morgan fingerprint density at radius 3 is 1.39 bits per heavy atom. The maximum atomic E-state index is 11.3. The van der Waals surface area contributed by atoms with Gasteiger partial charge >= 0.3 is 11.9 Å². The molecule has 0 radical (unpaired) electrons. The van der Waals surface area contributed by atoms with Crippen molar-refractivity contribution in [2.45, 2.75) is 121 Å². The molecule has 0 saturated carbocycles. The first-order valence-corrected chi connectivity index (χ1v) is 13.2. The SMILES string of the molecule is C.C.C.C.C.C.C.C.C.C.C.C/C(N)=N\OC(=O)C1CN(C)CCO1.CC(N)=NO.CN1CCOC(C(=O)O)C1.Cc1noc(C2CN(C)CCO2)n1.P.P.P. The molecule has 1 aromatic rings. The van der Waals surface area contributed by atoms with Crippen molar-refractivity contribution in [1.82, 2.24) is 24.8 Å². The highest BCUT2D eigenvalue weighted by atomic mass is 31.0. The summed E-state index contributed by atoms with van der Waals surface area (Å²) >= 11 is 0. The topological polar surface area (TPSA) is 237 Å². The van der Waals surface area contributed by atoms with Crippen LogP contribution in [0.1, 0.15) is 113 Å². The fourth-order valence-corrected chi connectivity index (χ4v) is 3.39. The van der Waals surface area contributed by atoms with Gasteiger partial charge in [0, 0.05) is 39.3 Å². The molecule has 56 heavy (non-hydrogen) atoms. The van der Waals surface area contributed by atoms with Crippen LogP contribution in [-0.2, 0) is 28.6 Å². The molecule has 6 unspecified atom stereocenters. The van der Waals surface area contributed by atoms with Crippen LogP contribution in [0.3, 0.4) is 0 Å². The lowest BCUT2D eigenvalue weighted by atomic mass is 10.3. The van der Waals surface area contributed by atoms with Gasteiger partial charge in [-0.1, -0.05) is 97.2 Å². The number of ether oxygens (including phenoxy) is 3. The number of nitrogens with zero attached hydrogens (tertiary/aromatic N) is 7. The lowest BCUT2D eigenvalue weighted by Crippen LogP contribution is -2.44. The Bertz CT molecular complexity index is 1020. The highest BCUT2D eigenvalue weighted by Gasteiger charge is 2.27. The van der Waals surface area contributed by atoms with Crippen LogP contribution in [0.5, 0.6) is 0 Å². The molecule has 0 aromatic carbocycles. The molecule has 6 atom stereocenters. The maximum absolute atomic E-state index is 11.3. The monoisotopic (exact) mass is 882 g/mol. The molecule has 6 N–H and O–H groups in total. The highest BCUT2D eigenvalue weighted by Crippen LogP contribution is 2.19. The maximum Gasteiger partial charge on any atom is 0.364 e. The van der Waals surface area contributed by atoms with E-state index in [0.29, 0.717) is 38.0 Å². The number of carboxylic acids is 1. The summed E-state index contributed by atoms with van der Waals surface area (Å²) < 4.78 is 20.7. The molecule has 18 nitrogen and oxygen atoms in total. The lowest BCUT2D eigenvalue weighted by Gasteiger charge is -2.27. The van der Waals surface area contributed by atoms with Crippen LogP contribution in [0.4, 0.5) is 0 Å². The Morgan fingerprint density at radius 2 is 1.09 bits per heavy atom. The van der Waals surface area contributed by atoms with E-state index in [1.165, 1.54) is 6.92 Å². The zero-order chi connectivity index (χ0) is 31.7. The van der Waals surface area contributed by atoms with E-state index in [4.69, 9.17) is 40.5 Å². The second-order valence-corrected chi connectivity index (χ2v) is 9.77. The molecule has 3 saturated heterocycles. The number of hydrogen-bond donors (Lipinski definition) is 4. The molecule has 352 valence electrons. The van der Waals surface area contributed by atoms with Gasteiger partial charge in [-0.05, 0) is 41.9 Å². The molecule has 3 aliphatic rings. The Kier molecular flexibility index (Phi) is 89.4. The lowest BCUT2D eigenvalue weighted by molar-refractivity contribution is -0.162. The normalized spacial score (nSPS) is 18.1. The van der Waals surface area contributed by atoms with E-state index in [2.05, 4.69) is 37.2 Å². The van der Waals surface area contributed by atoms with Crippen molar-refractivity contribution >= 4 is 53.3 Å². The van der Waals surface area contributed by atoms with Gasteiger partial charge < -0.3 is 60.1 Å². The Morgan fingerprint density at radius 1 is 0.714 bits per heavy atom. The van der Waals surface area contributed by atoms with E-state index in [1.54, 1.807) is 13.8 Å². The van der Waals surface area contributed by atoms with Gasteiger partial charge in [-0.2, -0.15) is 34.7 Å². The molecular formula is C35H98N9O9P3. The molecule has 21 heteroatoms. The number of morpholine rings is 3. The van der Waals surface area contributed by atoms with Crippen LogP contribution in [0.25, 0.3) is 0 Å². The number of carboxylic acid groups (broad SMARTS) is 1. The van der Waals surface area contributed by atoms with Crippen LogP contribution in [0, 0.1) is 6.92 Å². The Labute approximate surface area is 355 Å². The predicted octanol–water partition coefficient (Wildman–Crippen LogP) is 5.86. The predicted molar refractivity (Wildman–Crippen MR) is 257 cm³/mol. The number of aliphatic carboxylic acids is 1. The average Bonchev–Trinajstić information content (AvgIpc) is 3.39. The van der Waals surface area contributed by atoms with Crippen molar-refractivity contribution < 1.29 is 43.5 Å². The highest BCUT2D eigenvalue weighted by molar-refractivity contribution is 6.92.